The summed E-state index contributed by atoms with van der Waals surface area (Å²) in [5.74, 6) is 4.83. The van der Waals surface area contributed by atoms with Gasteiger partial charge >= 0.3 is 0 Å². The Bertz CT molecular complexity index is 848. The lowest BCUT2D eigenvalue weighted by molar-refractivity contribution is -0.0615. The number of piperazine rings is 1. The summed E-state index contributed by atoms with van der Waals surface area (Å²) in [5, 5.41) is 0. The second-order valence-electron chi connectivity index (χ2n) is 10.8. The zero-order chi connectivity index (χ0) is 21.0. The van der Waals surface area contributed by atoms with Crippen LogP contribution in [-0.4, -0.2) is 61.0 Å². The van der Waals surface area contributed by atoms with E-state index in [1.54, 1.807) is 12.1 Å². The van der Waals surface area contributed by atoms with Gasteiger partial charge in [0.1, 0.15) is 18.3 Å². The van der Waals surface area contributed by atoms with E-state index < -0.39 is 0 Å². The molecule has 0 amide bonds. The van der Waals surface area contributed by atoms with Crippen LogP contribution in [-0.2, 0) is 0 Å². The van der Waals surface area contributed by atoms with Crippen molar-refractivity contribution in [2.24, 2.45) is 33.2 Å². The van der Waals surface area contributed by atoms with E-state index in [0.29, 0.717) is 5.41 Å². The van der Waals surface area contributed by atoms with Crippen LogP contribution in [0.1, 0.15) is 45.4 Å². The number of hydrogen-bond donors (Lipinski definition) is 0. The fourth-order valence-electron chi connectivity index (χ4n) is 7.54. The summed E-state index contributed by atoms with van der Waals surface area (Å²) >= 11 is 0. The number of nitrogens with zero attached hydrogens (tertiary/aromatic N) is 5. The van der Waals surface area contributed by atoms with Crippen LogP contribution in [0.15, 0.2) is 34.3 Å². The lowest BCUT2D eigenvalue weighted by atomic mass is 9.49. The molecule has 5 nitrogen and oxygen atoms in total. The molecule has 1 saturated heterocycles. The monoisotopic (exact) mass is 423 g/mol. The molecule has 5 fully saturated rings. The molecule has 0 atom stereocenters. The predicted octanol–water partition coefficient (Wildman–Crippen LogP) is 4.21. The number of anilines is 1. The summed E-state index contributed by atoms with van der Waals surface area (Å²) < 4.78 is 13.2. The predicted molar refractivity (Wildman–Crippen MR) is 123 cm³/mol. The van der Waals surface area contributed by atoms with Crippen LogP contribution in [0.25, 0.3) is 0 Å². The molecular weight excluding hydrogens is 389 g/mol. The molecule has 7 rings (SSSR count). The van der Waals surface area contributed by atoms with Gasteiger partial charge in [0.25, 0.3) is 0 Å². The quantitative estimate of drug-likeness (QED) is 0.730. The van der Waals surface area contributed by atoms with Gasteiger partial charge < -0.3 is 14.7 Å². The van der Waals surface area contributed by atoms with E-state index in [1.165, 1.54) is 38.5 Å². The topological polar surface area (TPSA) is 34.4 Å². The van der Waals surface area contributed by atoms with Crippen molar-refractivity contribution in [2.45, 2.75) is 45.4 Å². The third-order valence-corrected chi connectivity index (χ3v) is 8.55. The van der Waals surface area contributed by atoms with E-state index in [2.05, 4.69) is 21.6 Å². The fourth-order valence-corrected chi connectivity index (χ4v) is 7.54. The lowest BCUT2D eigenvalue weighted by Gasteiger charge is -2.58. The van der Waals surface area contributed by atoms with Gasteiger partial charge in [-0.2, -0.15) is 0 Å². The molecule has 4 saturated carbocycles. The first-order valence-electron chi connectivity index (χ1n) is 12.2. The highest BCUT2D eigenvalue weighted by molar-refractivity contribution is 5.96. The summed E-state index contributed by atoms with van der Waals surface area (Å²) in [6.45, 7) is 7.71. The number of hydrogen-bond acceptors (Lipinski definition) is 5. The molecule has 4 aliphatic carbocycles. The maximum absolute atomic E-state index is 13.2. The van der Waals surface area contributed by atoms with Crippen molar-refractivity contribution in [3.63, 3.8) is 0 Å². The van der Waals surface area contributed by atoms with Crippen LogP contribution in [0.5, 0.6) is 0 Å². The molecule has 0 aromatic heterocycles. The molecule has 0 unspecified atom stereocenters. The van der Waals surface area contributed by atoms with Gasteiger partial charge in [-0.25, -0.2) is 14.4 Å². The van der Waals surface area contributed by atoms with Gasteiger partial charge in [-0.3, -0.25) is 0 Å². The molecule has 0 N–H and O–H groups in total. The summed E-state index contributed by atoms with van der Waals surface area (Å²) in [6, 6.07) is 6.82. The number of halogens is 1. The van der Waals surface area contributed by atoms with Gasteiger partial charge in [0.2, 0.25) is 5.96 Å². The fraction of sp³-hybridized carbons (Fsp3) is 0.680. The highest BCUT2D eigenvalue weighted by atomic mass is 19.1. The van der Waals surface area contributed by atoms with Gasteiger partial charge in [0.15, 0.2) is 0 Å². The van der Waals surface area contributed by atoms with Crippen LogP contribution in [0.3, 0.4) is 0 Å². The minimum atomic E-state index is -0.179. The van der Waals surface area contributed by atoms with E-state index >= 15 is 0 Å². The van der Waals surface area contributed by atoms with Gasteiger partial charge in [-0.15, -0.1) is 0 Å². The molecule has 2 heterocycles. The largest absolute Gasteiger partial charge is 0.368 e. The second-order valence-corrected chi connectivity index (χ2v) is 10.8. The minimum absolute atomic E-state index is 0.179. The van der Waals surface area contributed by atoms with Crippen LogP contribution >= 0.6 is 0 Å². The molecule has 1 aromatic rings. The molecule has 6 heteroatoms. The molecule has 1 aromatic carbocycles. The van der Waals surface area contributed by atoms with E-state index in [9.17, 15) is 4.39 Å². The number of benzene rings is 1. The maximum Gasteiger partial charge on any atom is 0.224 e. The Labute approximate surface area is 185 Å². The van der Waals surface area contributed by atoms with Crippen molar-refractivity contribution in [1.29, 1.82) is 0 Å². The lowest BCUT2D eigenvalue weighted by Crippen LogP contribution is -2.53. The second kappa shape index (κ2) is 7.49. The van der Waals surface area contributed by atoms with Crippen molar-refractivity contribution in [1.82, 2.24) is 9.80 Å². The van der Waals surface area contributed by atoms with Crippen molar-refractivity contribution >= 4 is 17.5 Å². The number of aliphatic imine (C=N–C) groups is 2. The van der Waals surface area contributed by atoms with Crippen molar-refractivity contribution in [3.8, 4) is 0 Å². The molecule has 31 heavy (non-hydrogen) atoms. The zero-order valence-corrected chi connectivity index (χ0v) is 18.6. The van der Waals surface area contributed by atoms with E-state index in [-0.39, 0.29) is 5.82 Å². The summed E-state index contributed by atoms with van der Waals surface area (Å²) in [7, 11) is 0. The molecule has 0 spiro atoms. The maximum atomic E-state index is 13.2. The number of amidine groups is 1. The van der Waals surface area contributed by atoms with E-state index in [4.69, 9.17) is 9.98 Å². The third-order valence-electron chi connectivity index (χ3n) is 8.55. The standard InChI is InChI=1S/C25H34FN5/c1-18-28-24(30-8-6-29(7-9-30)23-4-2-22(26)3-5-23)27-17-31(18)16-25-13-19-10-20(14-25)12-21(11-19)15-25/h2-5,19-21H,6-17H2,1H3. The highest BCUT2D eigenvalue weighted by Crippen LogP contribution is 2.60. The van der Waals surface area contributed by atoms with Gasteiger partial charge in [0.05, 0.1) is 0 Å². The Kier molecular flexibility index (Phi) is 4.73. The number of rotatable bonds is 3. The third kappa shape index (κ3) is 3.72. The summed E-state index contributed by atoms with van der Waals surface area (Å²) in [6.07, 6.45) is 8.80. The highest BCUT2D eigenvalue weighted by Gasteiger charge is 2.51. The first-order valence-corrected chi connectivity index (χ1v) is 12.2. The first-order chi connectivity index (χ1) is 15.1. The SMILES string of the molecule is CC1=NC(N2CCN(c3ccc(F)cc3)CC2)=NCN1CC12CC3CC(CC(C3)C1)C2. The molecule has 6 aliphatic rings. The Morgan fingerprint density at radius 1 is 0.903 bits per heavy atom. The average molecular weight is 424 g/mol. The van der Waals surface area contributed by atoms with Crippen molar-refractivity contribution in [2.75, 3.05) is 44.3 Å². The van der Waals surface area contributed by atoms with Crippen LogP contribution in [0, 0.1) is 29.0 Å². The summed E-state index contributed by atoms with van der Waals surface area (Å²) in [5.41, 5.74) is 1.62. The Balaban J connectivity index is 1.07. The Morgan fingerprint density at radius 2 is 1.48 bits per heavy atom. The van der Waals surface area contributed by atoms with Crippen molar-refractivity contribution in [3.05, 3.63) is 30.1 Å². The van der Waals surface area contributed by atoms with Gasteiger partial charge in [0, 0.05) is 38.4 Å². The van der Waals surface area contributed by atoms with E-state index in [1.807, 2.05) is 12.1 Å². The molecule has 166 valence electrons. The summed E-state index contributed by atoms with van der Waals surface area (Å²) in [4.78, 5) is 16.9. The Hall–Kier alpha value is -2.11. The van der Waals surface area contributed by atoms with E-state index in [0.717, 1.165) is 74.6 Å². The average Bonchev–Trinajstić information content (AvgIpc) is 2.75. The van der Waals surface area contributed by atoms with Crippen LogP contribution in [0.2, 0.25) is 0 Å². The molecular formula is C25H34FN5. The molecule has 0 radical (unpaired) electrons. The molecule has 4 bridgehead atoms. The first kappa shape index (κ1) is 19.6. The molecule has 2 aliphatic heterocycles. The zero-order valence-electron chi connectivity index (χ0n) is 18.6. The van der Waals surface area contributed by atoms with Gasteiger partial charge in [-0.05, 0) is 92.9 Å². The van der Waals surface area contributed by atoms with Gasteiger partial charge in [-0.1, -0.05) is 0 Å². The Morgan fingerprint density at radius 3 is 2.06 bits per heavy atom. The minimum Gasteiger partial charge on any atom is -0.368 e. The number of guanidine groups is 1. The normalized spacial score (nSPS) is 34.8. The van der Waals surface area contributed by atoms with Crippen molar-refractivity contribution < 1.29 is 4.39 Å². The van der Waals surface area contributed by atoms with Crippen LogP contribution in [0.4, 0.5) is 10.1 Å². The smallest absolute Gasteiger partial charge is 0.224 e. The van der Waals surface area contributed by atoms with Crippen LogP contribution < -0.4 is 4.90 Å².